The first-order chi connectivity index (χ1) is 13.6. The molecular weight excluding hydrogens is 487 g/mol. The second kappa shape index (κ2) is 7.01. The highest BCUT2D eigenvalue weighted by atomic mass is 79.9. The molecule has 0 unspecified atom stereocenters. The molecule has 2 heterocycles. The van der Waals surface area contributed by atoms with Gasteiger partial charge < -0.3 is 4.74 Å². The van der Waals surface area contributed by atoms with Gasteiger partial charge in [0.15, 0.2) is 0 Å². The molecule has 3 aromatic rings. The highest BCUT2D eigenvalue weighted by molar-refractivity contribution is 9.11. The van der Waals surface area contributed by atoms with Crippen molar-refractivity contribution in [2.24, 2.45) is 5.10 Å². The first-order valence-electron chi connectivity index (χ1n) is 8.92. The maximum atomic E-state index is 13.5. The largest absolute Gasteiger partial charge is 0.463 e. The van der Waals surface area contributed by atoms with Crippen molar-refractivity contribution in [2.45, 2.75) is 18.7 Å². The Morgan fingerprint density at radius 3 is 2.50 bits per heavy atom. The molecule has 0 aromatic heterocycles. The molecule has 3 nitrogen and oxygen atoms in total. The first-order valence-corrected chi connectivity index (χ1v) is 10.5. The minimum atomic E-state index is -0.420. The number of hydrogen-bond acceptors (Lipinski definition) is 3. The van der Waals surface area contributed by atoms with E-state index in [-0.39, 0.29) is 11.9 Å². The molecule has 0 radical (unpaired) electrons. The van der Waals surface area contributed by atoms with E-state index in [1.807, 2.05) is 29.3 Å². The Morgan fingerprint density at radius 1 is 1.00 bits per heavy atom. The predicted octanol–water partition coefficient (Wildman–Crippen LogP) is 6.59. The van der Waals surface area contributed by atoms with Gasteiger partial charge >= 0.3 is 0 Å². The average molecular weight is 502 g/mol. The fourth-order valence-corrected chi connectivity index (χ4v) is 5.12. The number of hydrogen-bond donors (Lipinski definition) is 0. The lowest BCUT2D eigenvalue weighted by atomic mass is 9.96. The minimum absolute atomic E-state index is 0.0443. The summed E-state index contributed by atoms with van der Waals surface area (Å²) in [4.78, 5) is 0. The fraction of sp³-hybridized carbons (Fsp3) is 0.136. The van der Waals surface area contributed by atoms with Crippen LogP contribution in [-0.4, -0.2) is 10.7 Å². The van der Waals surface area contributed by atoms with Crippen molar-refractivity contribution in [3.63, 3.8) is 0 Å². The fourth-order valence-electron chi connectivity index (χ4n) is 3.77. The van der Waals surface area contributed by atoms with Crippen LogP contribution in [0.15, 0.2) is 80.8 Å². The van der Waals surface area contributed by atoms with Crippen molar-refractivity contribution in [1.82, 2.24) is 5.01 Å². The van der Waals surface area contributed by atoms with Gasteiger partial charge in [0.25, 0.3) is 0 Å². The van der Waals surface area contributed by atoms with Crippen LogP contribution in [-0.2, 0) is 0 Å². The third-order valence-corrected chi connectivity index (χ3v) is 6.12. The highest BCUT2D eigenvalue weighted by Crippen LogP contribution is 2.50. The van der Waals surface area contributed by atoms with Crippen LogP contribution in [0, 0.1) is 5.82 Å². The van der Waals surface area contributed by atoms with E-state index in [4.69, 9.17) is 9.84 Å². The maximum absolute atomic E-state index is 13.5. The first kappa shape index (κ1) is 17.9. The molecule has 0 fully saturated rings. The number of halogens is 3. The van der Waals surface area contributed by atoms with E-state index in [1.165, 1.54) is 12.1 Å². The van der Waals surface area contributed by atoms with Crippen LogP contribution in [0.3, 0.4) is 0 Å². The zero-order chi connectivity index (χ0) is 19.3. The van der Waals surface area contributed by atoms with E-state index in [0.29, 0.717) is 0 Å². The van der Waals surface area contributed by atoms with Crippen LogP contribution >= 0.6 is 31.9 Å². The Hall–Kier alpha value is -2.18. The topological polar surface area (TPSA) is 24.8 Å². The van der Waals surface area contributed by atoms with Crippen LogP contribution in [0.25, 0.3) is 0 Å². The monoisotopic (exact) mass is 500 g/mol. The molecular formula is C22H15Br2FN2O. The van der Waals surface area contributed by atoms with Crippen molar-refractivity contribution in [2.75, 3.05) is 0 Å². The summed E-state index contributed by atoms with van der Waals surface area (Å²) >= 11 is 7.21. The van der Waals surface area contributed by atoms with Crippen molar-refractivity contribution >= 4 is 37.6 Å². The number of nitrogens with zero attached hydrogens (tertiary/aromatic N) is 2. The van der Waals surface area contributed by atoms with Crippen molar-refractivity contribution in [3.05, 3.63) is 98.2 Å². The molecule has 2 aliphatic rings. The van der Waals surface area contributed by atoms with Crippen LogP contribution < -0.4 is 4.74 Å². The maximum Gasteiger partial charge on any atom is 0.213 e. The lowest BCUT2D eigenvalue weighted by Crippen LogP contribution is -2.33. The van der Waals surface area contributed by atoms with Gasteiger partial charge in [-0.3, -0.25) is 0 Å². The summed E-state index contributed by atoms with van der Waals surface area (Å²) in [6.45, 7) is 0. The summed E-state index contributed by atoms with van der Waals surface area (Å²) in [5.74, 6) is 0.541. The lowest BCUT2D eigenvalue weighted by Gasteiger charge is -2.38. The van der Waals surface area contributed by atoms with Crippen molar-refractivity contribution in [1.29, 1.82) is 0 Å². The van der Waals surface area contributed by atoms with Gasteiger partial charge in [0.1, 0.15) is 11.6 Å². The molecule has 2 atom stereocenters. The van der Waals surface area contributed by atoms with E-state index >= 15 is 0 Å². The smallest absolute Gasteiger partial charge is 0.213 e. The number of ether oxygens (including phenoxy) is 1. The third kappa shape index (κ3) is 3.05. The molecule has 0 saturated heterocycles. The predicted molar refractivity (Wildman–Crippen MR) is 114 cm³/mol. The van der Waals surface area contributed by atoms with Gasteiger partial charge in [0, 0.05) is 22.0 Å². The zero-order valence-corrected chi connectivity index (χ0v) is 17.8. The average Bonchev–Trinajstić information content (AvgIpc) is 3.15. The van der Waals surface area contributed by atoms with Crippen LogP contribution in [0.4, 0.5) is 4.39 Å². The molecule has 0 spiro atoms. The Labute approximate surface area is 179 Å². The second-order valence-electron chi connectivity index (χ2n) is 6.84. The number of rotatable bonds is 2. The summed E-state index contributed by atoms with van der Waals surface area (Å²) < 4.78 is 21.7. The van der Waals surface area contributed by atoms with Gasteiger partial charge in [-0.05, 0) is 45.8 Å². The number of hydrazone groups is 1. The van der Waals surface area contributed by atoms with Gasteiger partial charge in [-0.2, -0.15) is 5.10 Å². The SMILES string of the molecule is Fc1ccc([C@H]2Oc3c(Br)cc(Br)cc3[C@H]3CC(c4ccccc4)=NN32)cc1. The van der Waals surface area contributed by atoms with Crippen LogP contribution in [0.5, 0.6) is 5.75 Å². The van der Waals surface area contributed by atoms with Crippen molar-refractivity contribution in [3.8, 4) is 5.75 Å². The van der Waals surface area contributed by atoms with E-state index < -0.39 is 6.23 Å². The summed E-state index contributed by atoms with van der Waals surface area (Å²) in [6, 6.07) is 20.7. The summed E-state index contributed by atoms with van der Waals surface area (Å²) in [5.41, 5.74) is 4.06. The molecule has 5 rings (SSSR count). The molecule has 0 bridgehead atoms. The van der Waals surface area contributed by atoms with E-state index in [9.17, 15) is 4.39 Å². The van der Waals surface area contributed by atoms with Crippen LogP contribution in [0.2, 0.25) is 0 Å². The molecule has 0 aliphatic carbocycles. The summed E-state index contributed by atoms with van der Waals surface area (Å²) in [7, 11) is 0. The number of fused-ring (bicyclic) bond motifs is 3. The highest BCUT2D eigenvalue weighted by Gasteiger charge is 2.41. The van der Waals surface area contributed by atoms with Gasteiger partial charge in [-0.15, -0.1) is 0 Å². The molecule has 0 amide bonds. The molecule has 0 saturated carbocycles. The van der Waals surface area contributed by atoms with E-state index in [0.717, 1.165) is 43.5 Å². The normalized spacial score (nSPS) is 20.2. The number of benzene rings is 3. The second-order valence-corrected chi connectivity index (χ2v) is 8.61. The molecule has 3 aromatic carbocycles. The standard InChI is InChI=1S/C22H15Br2FN2O/c23-15-10-17-20-12-19(13-4-2-1-3-5-13)26-27(20)22(28-21(17)18(24)11-15)14-6-8-16(25)9-7-14/h1-11,20,22H,12H2/t20-,22-/m1/s1. The Morgan fingerprint density at radius 2 is 1.75 bits per heavy atom. The van der Waals surface area contributed by atoms with E-state index in [2.05, 4.69) is 50.1 Å². The van der Waals surface area contributed by atoms with Crippen molar-refractivity contribution < 1.29 is 9.13 Å². The zero-order valence-electron chi connectivity index (χ0n) is 14.6. The summed E-state index contributed by atoms with van der Waals surface area (Å²) in [6.07, 6.45) is 0.359. The lowest BCUT2D eigenvalue weighted by molar-refractivity contribution is -0.0197. The molecule has 28 heavy (non-hydrogen) atoms. The molecule has 2 aliphatic heterocycles. The Bertz CT molecular complexity index is 1070. The molecule has 6 heteroatoms. The Kier molecular flexibility index (Phi) is 4.48. The minimum Gasteiger partial charge on any atom is -0.463 e. The third-order valence-electron chi connectivity index (χ3n) is 5.07. The van der Waals surface area contributed by atoms with Gasteiger partial charge in [-0.25, -0.2) is 9.40 Å². The summed E-state index contributed by atoms with van der Waals surface area (Å²) in [5, 5.41) is 6.92. The van der Waals surface area contributed by atoms with Gasteiger partial charge in [0.05, 0.1) is 16.2 Å². The van der Waals surface area contributed by atoms with Gasteiger partial charge in [-0.1, -0.05) is 58.4 Å². The van der Waals surface area contributed by atoms with Crippen LogP contribution in [0.1, 0.15) is 35.4 Å². The quantitative estimate of drug-likeness (QED) is 0.395. The van der Waals surface area contributed by atoms with Gasteiger partial charge in [0.2, 0.25) is 6.23 Å². The molecule has 140 valence electrons. The molecule has 0 N–H and O–H groups in total. The van der Waals surface area contributed by atoms with E-state index in [1.54, 1.807) is 12.1 Å². The Balaban J connectivity index is 1.63.